The third kappa shape index (κ3) is 3.90. The maximum absolute atomic E-state index is 12.3. The molecule has 6 nitrogen and oxygen atoms in total. The van der Waals surface area contributed by atoms with Gasteiger partial charge in [-0.25, -0.2) is 0 Å². The Morgan fingerprint density at radius 3 is 3.00 bits per heavy atom. The number of amides is 1. The summed E-state index contributed by atoms with van der Waals surface area (Å²) in [5.41, 5.74) is 2.15. The number of aryl methyl sites for hydroxylation is 2. The topological polar surface area (TPSA) is 65.4 Å². The van der Waals surface area contributed by atoms with Gasteiger partial charge in [-0.2, -0.15) is 5.10 Å². The molecule has 23 heavy (non-hydrogen) atoms. The average Bonchev–Trinajstić information content (AvgIpc) is 3.11. The molecule has 0 unspecified atom stereocenters. The van der Waals surface area contributed by atoms with Crippen molar-refractivity contribution in [1.29, 1.82) is 0 Å². The number of ether oxygens (including phenoxy) is 2. The summed E-state index contributed by atoms with van der Waals surface area (Å²) in [5, 5.41) is 7.09. The summed E-state index contributed by atoms with van der Waals surface area (Å²) < 4.78 is 13.0. The number of nitrogens with one attached hydrogen (secondary N) is 1. The highest BCUT2D eigenvalue weighted by molar-refractivity contribution is 5.79. The molecule has 3 rings (SSSR count). The standard InChI is InChI=1S/C17H21N3O3/c1-12-5-3-4-6-13(12)7-17(21)19-15-10-22-11-16(15)23-14-8-18-20(2)9-14/h3-6,8-9,15-16H,7,10-11H2,1-2H3,(H,19,21)/t15-,16+/m0/s1. The zero-order valence-corrected chi connectivity index (χ0v) is 13.4. The van der Waals surface area contributed by atoms with Crippen LogP contribution in [0.2, 0.25) is 0 Å². The van der Waals surface area contributed by atoms with Crippen molar-refractivity contribution in [2.24, 2.45) is 7.05 Å². The van der Waals surface area contributed by atoms with Crippen molar-refractivity contribution in [2.75, 3.05) is 13.2 Å². The van der Waals surface area contributed by atoms with Crippen LogP contribution in [0, 0.1) is 6.92 Å². The first-order valence-corrected chi connectivity index (χ1v) is 7.69. The van der Waals surface area contributed by atoms with Gasteiger partial charge < -0.3 is 14.8 Å². The Labute approximate surface area is 135 Å². The van der Waals surface area contributed by atoms with Gasteiger partial charge in [0, 0.05) is 7.05 Å². The number of carbonyl (C=O) groups is 1. The number of benzene rings is 1. The number of hydrogen-bond donors (Lipinski definition) is 1. The van der Waals surface area contributed by atoms with E-state index in [1.54, 1.807) is 17.1 Å². The largest absolute Gasteiger partial charge is 0.482 e. The summed E-state index contributed by atoms with van der Waals surface area (Å²) >= 11 is 0. The molecule has 122 valence electrons. The fourth-order valence-electron chi connectivity index (χ4n) is 2.66. The van der Waals surface area contributed by atoms with E-state index in [9.17, 15) is 4.79 Å². The molecule has 0 aliphatic carbocycles. The predicted molar refractivity (Wildman–Crippen MR) is 85.3 cm³/mol. The van der Waals surface area contributed by atoms with Gasteiger partial charge >= 0.3 is 0 Å². The van der Waals surface area contributed by atoms with E-state index in [2.05, 4.69) is 10.4 Å². The quantitative estimate of drug-likeness (QED) is 0.901. The van der Waals surface area contributed by atoms with Crippen LogP contribution >= 0.6 is 0 Å². The van der Waals surface area contributed by atoms with Gasteiger partial charge in [-0.3, -0.25) is 9.48 Å². The Balaban J connectivity index is 1.57. The summed E-state index contributed by atoms with van der Waals surface area (Å²) in [6.07, 6.45) is 3.62. The number of aromatic nitrogens is 2. The highest BCUT2D eigenvalue weighted by Gasteiger charge is 2.31. The van der Waals surface area contributed by atoms with Gasteiger partial charge in [0.05, 0.1) is 38.1 Å². The Morgan fingerprint density at radius 1 is 1.43 bits per heavy atom. The predicted octanol–water partition coefficient (Wildman–Crippen LogP) is 1.23. The molecule has 2 aromatic rings. The summed E-state index contributed by atoms with van der Waals surface area (Å²) in [7, 11) is 1.83. The maximum Gasteiger partial charge on any atom is 0.224 e. The van der Waals surface area contributed by atoms with Gasteiger partial charge in [0.2, 0.25) is 5.91 Å². The van der Waals surface area contributed by atoms with Crippen LogP contribution in [0.25, 0.3) is 0 Å². The van der Waals surface area contributed by atoms with E-state index in [0.29, 0.717) is 25.4 Å². The van der Waals surface area contributed by atoms with E-state index < -0.39 is 0 Å². The highest BCUT2D eigenvalue weighted by atomic mass is 16.5. The van der Waals surface area contributed by atoms with E-state index in [4.69, 9.17) is 9.47 Å². The van der Waals surface area contributed by atoms with E-state index in [1.165, 1.54) is 0 Å². The lowest BCUT2D eigenvalue weighted by Gasteiger charge is -2.20. The smallest absolute Gasteiger partial charge is 0.224 e. The summed E-state index contributed by atoms with van der Waals surface area (Å²) in [5.74, 6) is 0.663. The summed E-state index contributed by atoms with van der Waals surface area (Å²) in [6.45, 7) is 2.93. The molecule has 1 aliphatic heterocycles. The molecule has 1 amide bonds. The van der Waals surface area contributed by atoms with Crippen LogP contribution in [0.15, 0.2) is 36.7 Å². The van der Waals surface area contributed by atoms with Crippen LogP contribution in [0.4, 0.5) is 0 Å². The molecule has 2 heterocycles. The molecule has 0 radical (unpaired) electrons. The Morgan fingerprint density at radius 2 is 2.26 bits per heavy atom. The SMILES string of the molecule is Cc1ccccc1CC(=O)N[C@H]1COC[C@H]1Oc1cnn(C)c1. The molecular formula is C17H21N3O3. The highest BCUT2D eigenvalue weighted by Crippen LogP contribution is 2.16. The first-order chi connectivity index (χ1) is 11.1. The van der Waals surface area contributed by atoms with Gasteiger partial charge in [-0.05, 0) is 18.1 Å². The third-order valence-corrected chi connectivity index (χ3v) is 3.96. The fraction of sp³-hybridized carbons (Fsp3) is 0.412. The Bertz CT molecular complexity index is 683. The van der Waals surface area contributed by atoms with Crippen molar-refractivity contribution in [3.63, 3.8) is 0 Å². The van der Waals surface area contributed by atoms with Crippen molar-refractivity contribution in [3.8, 4) is 5.75 Å². The van der Waals surface area contributed by atoms with Crippen LogP contribution in [-0.4, -0.2) is 41.0 Å². The minimum atomic E-state index is -0.194. The van der Waals surface area contributed by atoms with Gasteiger partial charge in [0.1, 0.15) is 6.10 Å². The van der Waals surface area contributed by atoms with E-state index >= 15 is 0 Å². The average molecular weight is 315 g/mol. The number of hydrogen-bond acceptors (Lipinski definition) is 4. The molecular weight excluding hydrogens is 294 g/mol. The van der Waals surface area contributed by atoms with Gasteiger partial charge in [0.25, 0.3) is 0 Å². The van der Waals surface area contributed by atoms with Crippen molar-refractivity contribution >= 4 is 5.91 Å². The van der Waals surface area contributed by atoms with Crippen molar-refractivity contribution in [1.82, 2.24) is 15.1 Å². The minimum absolute atomic E-state index is 0.0189. The van der Waals surface area contributed by atoms with Crippen molar-refractivity contribution < 1.29 is 14.3 Å². The zero-order chi connectivity index (χ0) is 16.2. The second-order valence-electron chi connectivity index (χ2n) is 5.82. The van der Waals surface area contributed by atoms with Crippen LogP contribution in [0.3, 0.4) is 0 Å². The van der Waals surface area contributed by atoms with Gasteiger partial charge in [-0.15, -0.1) is 0 Å². The molecule has 0 saturated carbocycles. The van der Waals surface area contributed by atoms with Crippen LogP contribution in [0.5, 0.6) is 5.75 Å². The summed E-state index contributed by atoms with van der Waals surface area (Å²) in [6, 6.07) is 7.76. The Kier molecular flexibility index (Phi) is 4.62. The van der Waals surface area contributed by atoms with E-state index in [-0.39, 0.29) is 18.1 Å². The van der Waals surface area contributed by atoms with Gasteiger partial charge in [0.15, 0.2) is 5.75 Å². The molecule has 1 aliphatic rings. The summed E-state index contributed by atoms with van der Waals surface area (Å²) in [4.78, 5) is 12.3. The molecule has 1 N–H and O–H groups in total. The second-order valence-corrected chi connectivity index (χ2v) is 5.82. The lowest BCUT2D eigenvalue weighted by Crippen LogP contribution is -2.45. The van der Waals surface area contributed by atoms with E-state index in [1.807, 2.05) is 38.2 Å². The van der Waals surface area contributed by atoms with E-state index in [0.717, 1.165) is 11.1 Å². The first kappa shape index (κ1) is 15.6. The Hall–Kier alpha value is -2.34. The first-order valence-electron chi connectivity index (χ1n) is 7.69. The maximum atomic E-state index is 12.3. The molecule has 6 heteroatoms. The van der Waals surface area contributed by atoms with Crippen LogP contribution < -0.4 is 10.1 Å². The lowest BCUT2D eigenvalue weighted by molar-refractivity contribution is -0.121. The lowest BCUT2D eigenvalue weighted by atomic mass is 10.1. The normalized spacial score (nSPS) is 20.4. The van der Waals surface area contributed by atoms with Gasteiger partial charge in [-0.1, -0.05) is 24.3 Å². The van der Waals surface area contributed by atoms with Crippen LogP contribution in [-0.2, 0) is 23.0 Å². The third-order valence-electron chi connectivity index (χ3n) is 3.96. The van der Waals surface area contributed by atoms with Crippen molar-refractivity contribution in [2.45, 2.75) is 25.5 Å². The molecule has 0 spiro atoms. The molecule has 1 fully saturated rings. The number of rotatable bonds is 5. The molecule has 1 aromatic carbocycles. The molecule has 2 atom stereocenters. The second kappa shape index (κ2) is 6.83. The number of nitrogens with zero attached hydrogens (tertiary/aromatic N) is 2. The molecule has 0 bridgehead atoms. The number of carbonyl (C=O) groups excluding carboxylic acids is 1. The molecule has 1 saturated heterocycles. The fourth-order valence-corrected chi connectivity index (χ4v) is 2.66. The molecule has 1 aromatic heterocycles. The minimum Gasteiger partial charge on any atom is -0.482 e. The van der Waals surface area contributed by atoms with Crippen molar-refractivity contribution in [3.05, 3.63) is 47.8 Å². The monoisotopic (exact) mass is 315 g/mol. The van der Waals surface area contributed by atoms with Crippen LogP contribution in [0.1, 0.15) is 11.1 Å². The zero-order valence-electron chi connectivity index (χ0n) is 13.4.